The number of fused-ring (bicyclic) bond motifs is 1. The summed E-state index contributed by atoms with van der Waals surface area (Å²) in [6.07, 6.45) is 6.08. The molecule has 3 N–H and O–H groups in total. The first-order chi connectivity index (χ1) is 11.6. The molecular weight excluding hydrogens is 304 g/mol. The molecule has 0 aromatic carbocycles. The van der Waals surface area contributed by atoms with Crippen LogP contribution in [0.25, 0.3) is 5.65 Å². The number of hydrogen-bond donors (Lipinski definition) is 2. The van der Waals surface area contributed by atoms with Gasteiger partial charge in [-0.05, 0) is 51.1 Å². The van der Waals surface area contributed by atoms with E-state index in [0.717, 1.165) is 38.0 Å². The third-order valence-corrected chi connectivity index (χ3v) is 4.88. The number of nitrogens with zero attached hydrogens (tertiary/aromatic N) is 4. The van der Waals surface area contributed by atoms with Gasteiger partial charge in [0.2, 0.25) is 0 Å². The van der Waals surface area contributed by atoms with Crippen LogP contribution < -0.4 is 15.8 Å². The number of anilines is 1. The molecule has 1 saturated heterocycles. The molecule has 0 bridgehead atoms. The fourth-order valence-corrected chi connectivity index (χ4v) is 3.40. The van der Waals surface area contributed by atoms with Crippen LogP contribution in [0.1, 0.15) is 45.7 Å². The number of nitrogen functional groups attached to an aromatic ring is 1. The van der Waals surface area contributed by atoms with Gasteiger partial charge in [-0.2, -0.15) is 4.98 Å². The van der Waals surface area contributed by atoms with Gasteiger partial charge in [-0.1, -0.05) is 20.3 Å². The lowest BCUT2D eigenvalue weighted by atomic mass is 9.84. The third kappa shape index (κ3) is 3.61. The van der Waals surface area contributed by atoms with Gasteiger partial charge < -0.3 is 15.8 Å². The highest BCUT2D eigenvalue weighted by atomic mass is 16.5. The van der Waals surface area contributed by atoms with Crippen molar-refractivity contribution < 1.29 is 4.74 Å². The average molecular weight is 332 g/mol. The molecule has 3 heterocycles. The van der Waals surface area contributed by atoms with Crippen molar-refractivity contribution in [2.75, 3.05) is 18.8 Å². The molecule has 132 valence electrons. The summed E-state index contributed by atoms with van der Waals surface area (Å²) in [5.74, 6) is 1.64. The zero-order valence-corrected chi connectivity index (χ0v) is 14.8. The van der Waals surface area contributed by atoms with Gasteiger partial charge in [0.05, 0.1) is 18.0 Å². The molecule has 1 fully saturated rings. The van der Waals surface area contributed by atoms with Crippen molar-refractivity contribution in [1.29, 1.82) is 0 Å². The van der Waals surface area contributed by atoms with Gasteiger partial charge in [0.25, 0.3) is 0 Å². The summed E-state index contributed by atoms with van der Waals surface area (Å²) >= 11 is 0. The average Bonchev–Trinajstić information content (AvgIpc) is 2.93. The topological polar surface area (TPSA) is 90.4 Å². The molecule has 24 heavy (non-hydrogen) atoms. The zero-order chi connectivity index (χ0) is 17.1. The lowest BCUT2D eigenvalue weighted by Gasteiger charge is -2.29. The summed E-state index contributed by atoms with van der Waals surface area (Å²) in [6, 6.07) is 0.332. The number of nitrogens with one attached hydrogen (secondary N) is 1. The number of nitrogens with two attached hydrogens (primary N) is 1. The van der Waals surface area contributed by atoms with E-state index in [0.29, 0.717) is 29.3 Å². The van der Waals surface area contributed by atoms with Crippen molar-refractivity contribution in [3.05, 3.63) is 11.9 Å². The SMILES string of the molecule is CCC[C@H](C)Oc1nc(N)c2ncc(CC3CCNCC3C)n2n1. The lowest BCUT2D eigenvalue weighted by Crippen LogP contribution is -2.36. The van der Waals surface area contributed by atoms with Gasteiger partial charge in [0.15, 0.2) is 11.5 Å². The molecule has 0 radical (unpaired) electrons. The second-order valence-corrected chi connectivity index (χ2v) is 6.92. The minimum absolute atomic E-state index is 0.0725. The highest BCUT2D eigenvalue weighted by Crippen LogP contribution is 2.24. The van der Waals surface area contributed by atoms with Crippen molar-refractivity contribution >= 4 is 11.5 Å². The second kappa shape index (κ2) is 7.34. The quantitative estimate of drug-likeness (QED) is 0.841. The van der Waals surface area contributed by atoms with Crippen molar-refractivity contribution in [3.63, 3.8) is 0 Å². The van der Waals surface area contributed by atoms with E-state index in [-0.39, 0.29) is 6.10 Å². The van der Waals surface area contributed by atoms with Crippen LogP contribution in [0.3, 0.4) is 0 Å². The standard InChI is InChI=1S/C17H28N6O/c1-4-5-12(3)24-17-21-15(18)16-20-10-14(23(16)22-17)8-13-6-7-19-9-11(13)2/h10-13,19H,4-9H2,1-3H3,(H2,18,21,22)/t11?,12-,13?/m0/s1. The monoisotopic (exact) mass is 332 g/mol. The summed E-state index contributed by atoms with van der Waals surface area (Å²) in [6.45, 7) is 8.60. The first-order valence-electron chi connectivity index (χ1n) is 8.96. The molecule has 0 saturated carbocycles. The summed E-state index contributed by atoms with van der Waals surface area (Å²) in [5.41, 5.74) is 7.74. The molecule has 0 aliphatic carbocycles. The minimum atomic E-state index is 0.0725. The van der Waals surface area contributed by atoms with Crippen LogP contribution in [0.15, 0.2) is 6.20 Å². The van der Waals surface area contributed by atoms with Crippen molar-refractivity contribution in [2.45, 2.75) is 52.6 Å². The maximum atomic E-state index is 6.06. The molecule has 3 atom stereocenters. The summed E-state index contributed by atoms with van der Waals surface area (Å²) in [7, 11) is 0. The van der Waals surface area contributed by atoms with Gasteiger partial charge >= 0.3 is 6.01 Å². The summed E-state index contributed by atoms with van der Waals surface area (Å²) in [4.78, 5) is 8.66. The molecule has 7 nitrogen and oxygen atoms in total. The number of hydrogen-bond acceptors (Lipinski definition) is 6. The fourth-order valence-electron chi connectivity index (χ4n) is 3.40. The van der Waals surface area contributed by atoms with Crippen LogP contribution in [0.2, 0.25) is 0 Å². The van der Waals surface area contributed by atoms with E-state index in [1.165, 1.54) is 6.42 Å². The predicted octanol–water partition coefficient (Wildman–Crippen LogP) is 2.06. The molecular formula is C17H28N6O. The first-order valence-corrected chi connectivity index (χ1v) is 8.96. The van der Waals surface area contributed by atoms with Gasteiger partial charge in [-0.15, -0.1) is 5.10 Å². The first kappa shape index (κ1) is 17.0. The molecule has 3 rings (SSSR count). The van der Waals surface area contributed by atoms with Crippen LogP contribution >= 0.6 is 0 Å². The fraction of sp³-hybridized carbons (Fsp3) is 0.706. The smallest absolute Gasteiger partial charge is 0.336 e. The highest BCUT2D eigenvalue weighted by Gasteiger charge is 2.23. The highest BCUT2D eigenvalue weighted by molar-refractivity contribution is 5.59. The Morgan fingerprint density at radius 3 is 3.08 bits per heavy atom. The van der Waals surface area contributed by atoms with Gasteiger partial charge in [0, 0.05) is 0 Å². The van der Waals surface area contributed by atoms with E-state index >= 15 is 0 Å². The number of imidazole rings is 1. The Labute approximate surface area is 143 Å². The summed E-state index contributed by atoms with van der Waals surface area (Å²) in [5, 5.41) is 7.98. The zero-order valence-electron chi connectivity index (χ0n) is 14.8. The van der Waals surface area contributed by atoms with E-state index < -0.39 is 0 Å². The van der Waals surface area contributed by atoms with Gasteiger partial charge in [-0.3, -0.25) is 0 Å². The Hall–Kier alpha value is -1.89. The molecule has 0 amide bonds. The molecule has 1 aliphatic rings. The summed E-state index contributed by atoms with van der Waals surface area (Å²) < 4.78 is 7.63. The van der Waals surface area contributed by atoms with Gasteiger partial charge in [-0.25, -0.2) is 9.50 Å². The van der Waals surface area contributed by atoms with Crippen molar-refractivity contribution in [2.24, 2.45) is 11.8 Å². The Kier molecular flexibility index (Phi) is 5.18. The third-order valence-electron chi connectivity index (χ3n) is 4.88. The Bertz CT molecular complexity index is 685. The molecule has 0 spiro atoms. The van der Waals surface area contributed by atoms with Crippen molar-refractivity contribution in [3.8, 4) is 6.01 Å². The van der Waals surface area contributed by atoms with Gasteiger partial charge in [0.1, 0.15) is 0 Å². The predicted molar refractivity (Wildman–Crippen MR) is 94.0 cm³/mol. The van der Waals surface area contributed by atoms with E-state index in [9.17, 15) is 0 Å². The van der Waals surface area contributed by atoms with E-state index in [1.54, 1.807) is 0 Å². The van der Waals surface area contributed by atoms with Crippen LogP contribution in [-0.2, 0) is 6.42 Å². The van der Waals surface area contributed by atoms with Crippen LogP contribution in [0.4, 0.5) is 5.82 Å². The number of aromatic nitrogens is 4. The van der Waals surface area contributed by atoms with Crippen LogP contribution in [0.5, 0.6) is 6.01 Å². The normalized spacial score (nSPS) is 22.6. The molecule has 2 aromatic rings. The maximum absolute atomic E-state index is 6.06. The second-order valence-electron chi connectivity index (χ2n) is 6.92. The van der Waals surface area contributed by atoms with E-state index in [2.05, 4.69) is 34.2 Å². The minimum Gasteiger partial charge on any atom is -0.459 e. The lowest BCUT2D eigenvalue weighted by molar-refractivity contribution is 0.189. The number of ether oxygens (including phenoxy) is 1. The Morgan fingerprint density at radius 2 is 2.33 bits per heavy atom. The molecule has 2 unspecified atom stereocenters. The Balaban J connectivity index is 1.84. The van der Waals surface area contributed by atoms with E-state index in [4.69, 9.17) is 10.5 Å². The number of piperidine rings is 1. The Morgan fingerprint density at radius 1 is 1.50 bits per heavy atom. The molecule has 7 heteroatoms. The molecule has 2 aromatic heterocycles. The van der Waals surface area contributed by atoms with E-state index in [1.807, 2.05) is 17.6 Å². The van der Waals surface area contributed by atoms with Crippen LogP contribution in [0, 0.1) is 11.8 Å². The maximum Gasteiger partial charge on any atom is 0.336 e. The van der Waals surface area contributed by atoms with Crippen LogP contribution in [-0.4, -0.2) is 38.8 Å². The van der Waals surface area contributed by atoms with Crippen molar-refractivity contribution in [1.82, 2.24) is 24.9 Å². The number of rotatable bonds is 6. The largest absolute Gasteiger partial charge is 0.459 e. The molecule has 1 aliphatic heterocycles.